The van der Waals surface area contributed by atoms with Crippen molar-refractivity contribution in [2.45, 2.75) is 31.7 Å². The molecule has 1 atom stereocenters. The van der Waals surface area contributed by atoms with E-state index in [-0.39, 0.29) is 12.6 Å². The fourth-order valence-electron chi connectivity index (χ4n) is 2.79. The molecule has 20 heavy (non-hydrogen) atoms. The minimum atomic E-state index is 0.203. The van der Waals surface area contributed by atoms with Crippen LogP contribution in [0.3, 0.4) is 0 Å². The summed E-state index contributed by atoms with van der Waals surface area (Å²) in [5, 5.41) is 13.9. The number of thiophene rings is 1. The van der Waals surface area contributed by atoms with E-state index in [1.54, 1.807) is 18.1 Å². The second kappa shape index (κ2) is 6.28. The van der Waals surface area contributed by atoms with Gasteiger partial charge in [-0.15, -0.1) is 11.3 Å². The lowest BCUT2D eigenvalue weighted by Gasteiger charge is -2.18. The lowest BCUT2D eigenvalue weighted by molar-refractivity contribution is 0.282. The normalized spacial score (nSPS) is 15.5. The third-order valence-corrected chi connectivity index (χ3v) is 5.62. The molecule has 0 aliphatic heterocycles. The van der Waals surface area contributed by atoms with Crippen molar-refractivity contribution in [3.63, 3.8) is 0 Å². The molecule has 0 radical (unpaired) electrons. The van der Waals surface area contributed by atoms with Crippen LogP contribution in [0.4, 0.5) is 5.82 Å². The molecule has 2 N–H and O–H groups in total. The van der Waals surface area contributed by atoms with Gasteiger partial charge in [-0.25, -0.2) is 9.97 Å². The van der Waals surface area contributed by atoms with Crippen LogP contribution in [0.15, 0.2) is 6.33 Å². The summed E-state index contributed by atoms with van der Waals surface area (Å²) in [5.41, 5.74) is 1.44. The number of aliphatic hydroxyl groups excluding tert-OH is 1. The van der Waals surface area contributed by atoms with Crippen LogP contribution in [0.2, 0.25) is 0 Å². The molecule has 0 saturated heterocycles. The Hall–Kier alpha value is -0.850. The molecule has 2 heterocycles. The second-order valence-electron chi connectivity index (χ2n) is 5.07. The summed E-state index contributed by atoms with van der Waals surface area (Å²) in [6.45, 7) is 0.203. The largest absolute Gasteiger partial charge is 0.396 e. The highest BCUT2D eigenvalue weighted by molar-refractivity contribution is 7.98. The first kappa shape index (κ1) is 14.1. The second-order valence-corrected chi connectivity index (χ2v) is 7.06. The number of aryl methyl sites for hydroxylation is 2. The summed E-state index contributed by atoms with van der Waals surface area (Å²) in [4.78, 5) is 11.4. The third kappa shape index (κ3) is 2.64. The highest BCUT2D eigenvalue weighted by atomic mass is 32.2. The third-order valence-electron chi connectivity index (χ3n) is 3.69. The van der Waals surface area contributed by atoms with Gasteiger partial charge in [0, 0.05) is 23.3 Å². The lowest BCUT2D eigenvalue weighted by atomic mass is 10.1. The zero-order chi connectivity index (χ0) is 13.9. The first-order valence-electron chi connectivity index (χ1n) is 6.95. The topological polar surface area (TPSA) is 58.0 Å². The van der Waals surface area contributed by atoms with E-state index in [0.29, 0.717) is 0 Å². The predicted octanol–water partition coefficient (Wildman–Crippen LogP) is 2.71. The lowest BCUT2D eigenvalue weighted by Crippen LogP contribution is -2.24. The summed E-state index contributed by atoms with van der Waals surface area (Å²) in [5.74, 6) is 1.92. The van der Waals surface area contributed by atoms with Crippen molar-refractivity contribution in [1.82, 2.24) is 9.97 Å². The van der Waals surface area contributed by atoms with Crippen LogP contribution in [-0.2, 0) is 12.8 Å². The monoisotopic (exact) mass is 309 g/mol. The van der Waals surface area contributed by atoms with Crippen LogP contribution >= 0.6 is 23.1 Å². The van der Waals surface area contributed by atoms with Crippen molar-refractivity contribution in [1.29, 1.82) is 0 Å². The van der Waals surface area contributed by atoms with E-state index >= 15 is 0 Å². The number of hydrogen-bond acceptors (Lipinski definition) is 6. The Kier molecular flexibility index (Phi) is 4.43. The number of aliphatic hydroxyl groups is 1. The van der Waals surface area contributed by atoms with Crippen LogP contribution in [0, 0.1) is 0 Å². The number of thioether (sulfide) groups is 1. The first-order valence-corrected chi connectivity index (χ1v) is 9.16. The molecule has 0 saturated carbocycles. The summed E-state index contributed by atoms with van der Waals surface area (Å²) in [6.07, 6.45) is 8.05. The maximum absolute atomic E-state index is 9.19. The Morgan fingerprint density at radius 1 is 1.45 bits per heavy atom. The van der Waals surface area contributed by atoms with Crippen LogP contribution in [0.5, 0.6) is 0 Å². The van der Waals surface area contributed by atoms with Crippen molar-refractivity contribution < 1.29 is 5.11 Å². The van der Waals surface area contributed by atoms with Gasteiger partial charge in [0.05, 0.1) is 5.39 Å². The number of hydrogen-bond donors (Lipinski definition) is 2. The number of nitrogens with zero attached hydrogens (tertiary/aromatic N) is 2. The van der Waals surface area contributed by atoms with Gasteiger partial charge in [0.25, 0.3) is 0 Å². The van der Waals surface area contributed by atoms with Crippen LogP contribution in [0.25, 0.3) is 10.2 Å². The minimum absolute atomic E-state index is 0.203. The smallest absolute Gasteiger partial charge is 0.138 e. The predicted molar refractivity (Wildman–Crippen MR) is 86.9 cm³/mol. The Balaban J connectivity index is 1.94. The van der Waals surface area contributed by atoms with Gasteiger partial charge >= 0.3 is 0 Å². The molecule has 0 bridgehead atoms. The average molecular weight is 309 g/mol. The summed E-state index contributed by atoms with van der Waals surface area (Å²) < 4.78 is 0. The Morgan fingerprint density at radius 2 is 2.35 bits per heavy atom. The Bertz CT molecular complexity index is 593. The summed E-state index contributed by atoms with van der Waals surface area (Å²) >= 11 is 3.60. The van der Waals surface area contributed by atoms with Gasteiger partial charge in [0.15, 0.2) is 0 Å². The van der Waals surface area contributed by atoms with E-state index in [0.717, 1.165) is 29.2 Å². The van der Waals surface area contributed by atoms with Gasteiger partial charge < -0.3 is 10.4 Å². The molecule has 3 rings (SSSR count). The molecular weight excluding hydrogens is 290 g/mol. The van der Waals surface area contributed by atoms with Crippen molar-refractivity contribution in [2.75, 3.05) is 23.9 Å². The quantitative estimate of drug-likeness (QED) is 0.859. The molecule has 1 aliphatic carbocycles. The summed E-state index contributed by atoms with van der Waals surface area (Å²) in [7, 11) is 0. The van der Waals surface area contributed by atoms with E-state index in [2.05, 4.69) is 21.5 Å². The van der Waals surface area contributed by atoms with Crippen molar-refractivity contribution in [3.8, 4) is 0 Å². The SMILES string of the molecule is CSCC(CCO)Nc1ncnc2sc3c(c12)CCC3. The van der Waals surface area contributed by atoms with Gasteiger partial charge in [-0.3, -0.25) is 0 Å². The molecular formula is C14H19N3OS2. The minimum Gasteiger partial charge on any atom is -0.396 e. The van der Waals surface area contributed by atoms with Crippen molar-refractivity contribution in [2.24, 2.45) is 0 Å². The van der Waals surface area contributed by atoms with E-state index in [9.17, 15) is 5.11 Å². The van der Waals surface area contributed by atoms with Crippen molar-refractivity contribution >= 4 is 39.1 Å². The standard InChI is InChI=1S/C14H19N3OS2/c1-19-7-9(5-6-18)17-13-12-10-3-2-4-11(10)20-14(12)16-8-15-13/h8-9,18H,2-7H2,1H3,(H,15,16,17). The van der Waals surface area contributed by atoms with Gasteiger partial charge in [-0.05, 0) is 37.5 Å². The van der Waals surface area contributed by atoms with Crippen LogP contribution < -0.4 is 5.32 Å². The van der Waals surface area contributed by atoms with Gasteiger partial charge in [-0.1, -0.05) is 0 Å². The number of rotatable bonds is 6. The van der Waals surface area contributed by atoms with Gasteiger partial charge in [0.1, 0.15) is 17.0 Å². The number of aromatic nitrogens is 2. The van der Waals surface area contributed by atoms with E-state index in [1.807, 2.05) is 11.3 Å². The maximum atomic E-state index is 9.19. The molecule has 4 nitrogen and oxygen atoms in total. The Labute approximate surface area is 127 Å². The zero-order valence-corrected chi connectivity index (χ0v) is 13.2. The van der Waals surface area contributed by atoms with E-state index < -0.39 is 0 Å². The Morgan fingerprint density at radius 3 is 3.15 bits per heavy atom. The van der Waals surface area contributed by atoms with E-state index in [4.69, 9.17) is 0 Å². The fraction of sp³-hybridized carbons (Fsp3) is 0.571. The van der Waals surface area contributed by atoms with Gasteiger partial charge in [0.2, 0.25) is 0 Å². The highest BCUT2D eigenvalue weighted by Crippen LogP contribution is 2.39. The van der Waals surface area contributed by atoms with Gasteiger partial charge in [-0.2, -0.15) is 11.8 Å². The van der Waals surface area contributed by atoms with Crippen LogP contribution in [-0.4, -0.2) is 39.7 Å². The first-order chi connectivity index (χ1) is 9.83. The van der Waals surface area contributed by atoms with E-state index in [1.165, 1.54) is 28.7 Å². The fourth-order valence-corrected chi connectivity index (χ4v) is 4.67. The van der Waals surface area contributed by atoms with Crippen molar-refractivity contribution in [3.05, 3.63) is 16.8 Å². The van der Waals surface area contributed by atoms with Crippen LogP contribution in [0.1, 0.15) is 23.3 Å². The molecule has 1 aliphatic rings. The zero-order valence-electron chi connectivity index (χ0n) is 11.6. The molecule has 108 valence electrons. The molecule has 1 unspecified atom stereocenters. The summed E-state index contributed by atoms with van der Waals surface area (Å²) in [6, 6.07) is 0.255. The molecule has 0 amide bonds. The number of fused-ring (bicyclic) bond motifs is 3. The molecule has 0 spiro atoms. The number of nitrogens with one attached hydrogen (secondary N) is 1. The molecule has 0 aromatic carbocycles. The highest BCUT2D eigenvalue weighted by Gasteiger charge is 2.22. The molecule has 2 aromatic heterocycles. The number of anilines is 1. The molecule has 0 fully saturated rings. The maximum Gasteiger partial charge on any atom is 0.138 e. The molecule has 6 heteroatoms. The average Bonchev–Trinajstić information content (AvgIpc) is 2.99. The molecule has 2 aromatic rings.